The predicted octanol–water partition coefficient (Wildman–Crippen LogP) is -5.34. The summed E-state index contributed by atoms with van der Waals surface area (Å²) in [6.45, 7) is 0.349. The van der Waals surface area contributed by atoms with E-state index in [0.29, 0.717) is 6.54 Å². The summed E-state index contributed by atoms with van der Waals surface area (Å²) in [6, 6.07) is -1.04. The molecule has 0 aliphatic carbocycles. The number of aliphatic hydroxyl groups excluding tert-OH is 6. The Bertz CT molecular complexity index is 698. The topological polar surface area (TPSA) is 237 Å². The number of esters is 1. The summed E-state index contributed by atoms with van der Waals surface area (Å²) < 4.78 is 20.6. The predicted molar refractivity (Wildman–Crippen MR) is 113 cm³/mol. The number of aliphatic hydroxyl groups is 7. The molecule has 0 aromatic heterocycles. The minimum atomic E-state index is -2.39. The van der Waals surface area contributed by atoms with Crippen LogP contribution in [0.15, 0.2) is 0 Å². The van der Waals surface area contributed by atoms with E-state index in [1.807, 2.05) is 0 Å². The van der Waals surface area contributed by atoms with Crippen LogP contribution in [0.3, 0.4) is 0 Å². The van der Waals surface area contributed by atoms with Crippen molar-refractivity contribution in [3.63, 3.8) is 0 Å². The van der Waals surface area contributed by atoms with E-state index < -0.39 is 86.6 Å². The van der Waals surface area contributed by atoms with E-state index >= 15 is 0 Å². The second kappa shape index (κ2) is 13.2. The van der Waals surface area contributed by atoms with E-state index in [2.05, 4.69) is 10.6 Å². The van der Waals surface area contributed by atoms with Gasteiger partial charge in [0.1, 0.15) is 48.8 Å². The first-order valence-electron chi connectivity index (χ1n) is 11.2. The smallest absolute Gasteiger partial charge is 0.322 e. The van der Waals surface area contributed by atoms with Crippen molar-refractivity contribution in [3.8, 4) is 0 Å². The fourth-order valence-electron chi connectivity index (χ4n) is 3.81. The third-order valence-corrected chi connectivity index (χ3v) is 5.92. The zero-order valence-corrected chi connectivity index (χ0v) is 19.5. The Labute approximate surface area is 201 Å². The first-order valence-corrected chi connectivity index (χ1v) is 11.2. The molecule has 10 atom stereocenters. The molecule has 0 saturated carbocycles. The summed E-state index contributed by atoms with van der Waals surface area (Å²) >= 11 is 0. The van der Waals surface area contributed by atoms with Crippen molar-refractivity contribution in [1.82, 2.24) is 10.6 Å². The van der Waals surface area contributed by atoms with Gasteiger partial charge in [-0.1, -0.05) is 0 Å². The number of hydrogen-bond acceptors (Lipinski definition) is 14. The minimum absolute atomic E-state index is 0.0120. The number of ether oxygens (including phenoxy) is 4. The number of carbonyl (C=O) groups excluding carboxylic acids is 2. The summed E-state index contributed by atoms with van der Waals surface area (Å²) in [5, 5.41) is 76.4. The zero-order chi connectivity index (χ0) is 26.3. The van der Waals surface area contributed by atoms with Crippen LogP contribution in [0.2, 0.25) is 0 Å². The molecule has 0 bridgehead atoms. The summed E-state index contributed by atoms with van der Waals surface area (Å²) in [5.74, 6) is -3.42. The van der Waals surface area contributed by atoms with Crippen molar-refractivity contribution in [3.05, 3.63) is 0 Å². The molecule has 0 aromatic rings. The Morgan fingerprint density at radius 3 is 2.43 bits per heavy atom. The van der Waals surface area contributed by atoms with Crippen LogP contribution in [0.5, 0.6) is 0 Å². The van der Waals surface area contributed by atoms with Crippen LogP contribution in [-0.2, 0) is 28.5 Å². The molecular weight excluding hydrogens is 476 g/mol. The Morgan fingerprint density at radius 2 is 1.83 bits per heavy atom. The fraction of sp³-hybridized carbons (Fsp3) is 0.900. The lowest BCUT2D eigenvalue weighted by Gasteiger charge is -2.47. The molecule has 0 aromatic carbocycles. The summed E-state index contributed by atoms with van der Waals surface area (Å²) in [4.78, 5) is 23.8. The molecule has 9 N–H and O–H groups in total. The van der Waals surface area contributed by atoms with E-state index in [4.69, 9.17) is 18.9 Å². The first kappa shape index (κ1) is 29.7. The molecule has 2 rings (SSSR count). The highest BCUT2D eigenvalue weighted by Crippen LogP contribution is 2.30. The van der Waals surface area contributed by atoms with E-state index in [9.17, 15) is 45.3 Å². The number of amides is 1. The van der Waals surface area contributed by atoms with E-state index in [0.717, 1.165) is 7.11 Å². The molecule has 2 saturated heterocycles. The van der Waals surface area contributed by atoms with Gasteiger partial charge < -0.3 is 60.0 Å². The molecule has 2 aliphatic heterocycles. The average Bonchev–Trinajstić information content (AvgIpc) is 2.84. The Balaban J connectivity index is 2.07. The van der Waals surface area contributed by atoms with Crippen LogP contribution in [-0.4, -0.2) is 142 Å². The largest absolute Gasteiger partial charge is 0.468 e. The number of nitrogens with one attached hydrogen (secondary N) is 2. The highest BCUT2D eigenvalue weighted by atomic mass is 16.7. The van der Waals surface area contributed by atoms with Gasteiger partial charge in [-0.15, -0.1) is 0 Å². The van der Waals surface area contributed by atoms with Gasteiger partial charge in [0.2, 0.25) is 11.7 Å². The number of hydrogen-bond donors (Lipinski definition) is 9. The highest BCUT2D eigenvalue weighted by molar-refractivity contribution is 5.79. The summed E-state index contributed by atoms with van der Waals surface area (Å²) in [7, 11) is 1.14. The highest BCUT2D eigenvalue weighted by Gasteiger charge is 2.53. The Hall–Kier alpha value is -1.50. The SMILES string of the molecule is CCNC(=O)CC[C@H](NCC1(O)OC[C@@H](O)C(O[C@H]2O[C@H](CO)[C@@H](O)[C@H](O)[C@H]2O)[C@@H]1O)C(=O)OC. The average molecular weight is 513 g/mol. The summed E-state index contributed by atoms with van der Waals surface area (Å²) in [6.07, 6.45) is -13.3. The van der Waals surface area contributed by atoms with Crippen molar-refractivity contribution < 1.29 is 64.3 Å². The molecule has 2 aliphatic rings. The number of carbonyl (C=O) groups is 2. The molecule has 35 heavy (non-hydrogen) atoms. The minimum Gasteiger partial charge on any atom is -0.468 e. The van der Waals surface area contributed by atoms with Crippen molar-refractivity contribution >= 4 is 11.9 Å². The summed E-state index contributed by atoms with van der Waals surface area (Å²) in [5.41, 5.74) is 0. The van der Waals surface area contributed by atoms with Crippen molar-refractivity contribution in [2.75, 3.05) is 33.4 Å². The number of methoxy groups -OCH3 is 1. The van der Waals surface area contributed by atoms with E-state index in [-0.39, 0.29) is 18.7 Å². The third-order valence-electron chi connectivity index (χ3n) is 5.92. The Kier molecular flexibility index (Phi) is 11.2. The van der Waals surface area contributed by atoms with Gasteiger partial charge in [0.15, 0.2) is 6.29 Å². The molecule has 2 heterocycles. The van der Waals surface area contributed by atoms with Crippen LogP contribution in [0.25, 0.3) is 0 Å². The molecule has 1 amide bonds. The normalized spacial score (nSPS) is 38.5. The van der Waals surface area contributed by atoms with Gasteiger partial charge in [-0.05, 0) is 13.3 Å². The maximum Gasteiger partial charge on any atom is 0.322 e. The van der Waals surface area contributed by atoms with Crippen LogP contribution in [0.4, 0.5) is 0 Å². The van der Waals surface area contributed by atoms with Crippen LogP contribution < -0.4 is 10.6 Å². The fourth-order valence-corrected chi connectivity index (χ4v) is 3.81. The van der Waals surface area contributed by atoms with Crippen molar-refractivity contribution in [2.45, 2.75) is 80.6 Å². The van der Waals surface area contributed by atoms with Gasteiger partial charge >= 0.3 is 5.97 Å². The molecule has 15 nitrogen and oxygen atoms in total. The number of rotatable bonds is 11. The quantitative estimate of drug-likeness (QED) is 0.118. The van der Waals surface area contributed by atoms with Gasteiger partial charge in [-0.25, -0.2) is 0 Å². The second-order valence-corrected chi connectivity index (χ2v) is 8.41. The van der Waals surface area contributed by atoms with Crippen LogP contribution >= 0.6 is 0 Å². The zero-order valence-electron chi connectivity index (χ0n) is 19.5. The lowest BCUT2D eigenvalue weighted by molar-refractivity contribution is -0.367. The van der Waals surface area contributed by atoms with Gasteiger partial charge in [0, 0.05) is 13.0 Å². The monoisotopic (exact) mass is 512 g/mol. The molecule has 2 fully saturated rings. The maximum absolute atomic E-state index is 12.1. The maximum atomic E-state index is 12.1. The molecule has 0 radical (unpaired) electrons. The molecule has 2 unspecified atom stereocenters. The van der Waals surface area contributed by atoms with Crippen LogP contribution in [0.1, 0.15) is 19.8 Å². The lowest BCUT2D eigenvalue weighted by Crippen LogP contribution is -2.68. The van der Waals surface area contributed by atoms with Crippen LogP contribution in [0, 0.1) is 0 Å². The molecule has 204 valence electrons. The molecular formula is C20H36N2O13. The second-order valence-electron chi connectivity index (χ2n) is 8.41. The molecule has 15 heteroatoms. The van der Waals surface area contributed by atoms with Crippen molar-refractivity contribution in [1.29, 1.82) is 0 Å². The lowest BCUT2D eigenvalue weighted by atomic mass is 9.95. The molecule has 0 spiro atoms. The van der Waals surface area contributed by atoms with E-state index in [1.165, 1.54) is 0 Å². The van der Waals surface area contributed by atoms with Gasteiger partial charge in [0.25, 0.3) is 0 Å². The van der Waals surface area contributed by atoms with Gasteiger partial charge in [-0.2, -0.15) is 0 Å². The van der Waals surface area contributed by atoms with Gasteiger partial charge in [0.05, 0.1) is 26.9 Å². The standard InChI is InChI=1S/C20H36N2O13/c1-3-21-12(25)5-4-9(18(30)32-2)22-8-20(31)17(29)16(10(24)7-33-20)35-19-15(28)14(27)13(26)11(6-23)34-19/h9-11,13-17,19,22-24,26-29,31H,3-8H2,1-2H3,(H,21,25)/t9-,10+,11+,13+,14-,15+,16?,17-,19+,20?/m0/s1. The third kappa shape index (κ3) is 7.27. The van der Waals surface area contributed by atoms with E-state index in [1.54, 1.807) is 6.92 Å². The van der Waals surface area contributed by atoms with Crippen molar-refractivity contribution in [2.24, 2.45) is 0 Å². The van der Waals surface area contributed by atoms with Gasteiger partial charge in [-0.3, -0.25) is 14.9 Å². The Morgan fingerprint density at radius 1 is 1.14 bits per heavy atom. The first-order chi connectivity index (χ1) is 16.5.